The van der Waals surface area contributed by atoms with Gasteiger partial charge in [0, 0.05) is 24.4 Å². The lowest BCUT2D eigenvalue weighted by molar-refractivity contribution is -0.142. The van der Waals surface area contributed by atoms with Gasteiger partial charge in [-0.1, -0.05) is 55.5 Å². The van der Waals surface area contributed by atoms with Crippen molar-refractivity contribution in [3.05, 3.63) is 59.7 Å². The minimum absolute atomic E-state index is 0.0398. The van der Waals surface area contributed by atoms with E-state index in [2.05, 4.69) is 24.3 Å². The number of rotatable bonds is 4. The fraction of sp³-hybridized carbons (Fsp3) is 0.333. The molecule has 2 aromatic carbocycles. The van der Waals surface area contributed by atoms with E-state index >= 15 is 0 Å². The molecule has 1 fully saturated rings. The number of ether oxygens (including phenoxy) is 1. The van der Waals surface area contributed by atoms with Crippen molar-refractivity contribution in [3.8, 4) is 11.1 Å². The average molecular weight is 351 g/mol. The van der Waals surface area contributed by atoms with Gasteiger partial charge < -0.3 is 14.7 Å². The van der Waals surface area contributed by atoms with Crippen molar-refractivity contribution < 1.29 is 19.4 Å². The van der Waals surface area contributed by atoms with Crippen LogP contribution in [0.1, 0.15) is 30.4 Å². The maximum atomic E-state index is 12.3. The van der Waals surface area contributed by atoms with E-state index in [1.165, 1.54) is 22.3 Å². The van der Waals surface area contributed by atoms with Crippen molar-refractivity contribution in [2.45, 2.75) is 19.3 Å². The minimum Gasteiger partial charge on any atom is -0.481 e. The molecule has 0 atom stereocenters. The second-order valence-corrected chi connectivity index (χ2v) is 7.54. The van der Waals surface area contributed by atoms with Crippen molar-refractivity contribution in [1.82, 2.24) is 4.90 Å². The van der Waals surface area contributed by atoms with Crippen molar-refractivity contribution in [1.29, 1.82) is 0 Å². The van der Waals surface area contributed by atoms with E-state index in [4.69, 9.17) is 9.84 Å². The maximum Gasteiger partial charge on any atom is 0.409 e. The summed E-state index contributed by atoms with van der Waals surface area (Å²) < 4.78 is 5.58. The molecule has 0 bridgehead atoms. The Hall–Kier alpha value is -2.82. The van der Waals surface area contributed by atoms with E-state index in [0.29, 0.717) is 19.7 Å². The van der Waals surface area contributed by atoms with Crippen LogP contribution in [0.2, 0.25) is 0 Å². The smallest absolute Gasteiger partial charge is 0.409 e. The van der Waals surface area contributed by atoms with Gasteiger partial charge in [-0.15, -0.1) is 0 Å². The first kappa shape index (κ1) is 16.6. The van der Waals surface area contributed by atoms with Gasteiger partial charge in [-0.05, 0) is 22.3 Å². The molecule has 26 heavy (non-hydrogen) atoms. The zero-order valence-electron chi connectivity index (χ0n) is 14.6. The monoisotopic (exact) mass is 351 g/mol. The zero-order chi connectivity index (χ0) is 18.3. The summed E-state index contributed by atoms with van der Waals surface area (Å²) in [5.41, 5.74) is 4.41. The fourth-order valence-corrected chi connectivity index (χ4v) is 4.17. The Morgan fingerprint density at radius 3 is 2.15 bits per heavy atom. The van der Waals surface area contributed by atoms with Gasteiger partial charge in [0.1, 0.15) is 6.61 Å². The van der Waals surface area contributed by atoms with E-state index < -0.39 is 5.97 Å². The minimum atomic E-state index is -0.834. The highest BCUT2D eigenvalue weighted by molar-refractivity contribution is 5.79. The van der Waals surface area contributed by atoms with Gasteiger partial charge in [0.05, 0.1) is 6.42 Å². The Morgan fingerprint density at radius 1 is 1.08 bits per heavy atom. The molecule has 0 saturated carbocycles. The maximum absolute atomic E-state index is 12.3. The molecule has 4 rings (SSSR count). The van der Waals surface area contributed by atoms with Crippen LogP contribution in [0.15, 0.2) is 48.5 Å². The molecule has 5 nitrogen and oxygen atoms in total. The Bertz CT molecular complexity index is 824. The van der Waals surface area contributed by atoms with E-state index in [1.54, 1.807) is 4.90 Å². The zero-order valence-corrected chi connectivity index (χ0v) is 14.6. The largest absolute Gasteiger partial charge is 0.481 e. The Kier molecular flexibility index (Phi) is 3.94. The van der Waals surface area contributed by atoms with Gasteiger partial charge in [-0.25, -0.2) is 4.79 Å². The summed E-state index contributed by atoms with van der Waals surface area (Å²) in [5, 5.41) is 8.94. The van der Waals surface area contributed by atoms with Crippen LogP contribution >= 0.6 is 0 Å². The molecule has 1 N–H and O–H groups in total. The number of carboxylic acids is 1. The lowest BCUT2D eigenvalue weighted by atomic mass is 9.79. The molecule has 2 aliphatic rings. The SMILES string of the molecule is CC1(CC(=O)O)CN(C(=O)OCC2c3ccccc3-c3ccccc32)C1. The number of hydrogen-bond acceptors (Lipinski definition) is 3. The second-order valence-electron chi connectivity index (χ2n) is 7.54. The third-order valence-electron chi connectivity index (χ3n) is 5.32. The lowest BCUT2D eigenvalue weighted by Gasteiger charge is -2.46. The normalized spacial score (nSPS) is 17.2. The number of nitrogens with zero attached hydrogens (tertiary/aromatic N) is 1. The number of carbonyl (C=O) groups is 2. The third kappa shape index (κ3) is 2.83. The Balaban J connectivity index is 1.43. The molecule has 5 heteroatoms. The summed E-state index contributed by atoms with van der Waals surface area (Å²) in [6, 6.07) is 16.4. The summed E-state index contributed by atoms with van der Waals surface area (Å²) in [4.78, 5) is 24.8. The molecule has 1 aliphatic carbocycles. The number of carboxylic acid groups (broad SMARTS) is 1. The van der Waals surface area contributed by atoms with Crippen LogP contribution in [0.4, 0.5) is 4.79 Å². The van der Waals surface area contributed by atoms with Crippen molar-refractivity contribution >= 4 is 12.1 Å². The molecule has 1 heterocycles. The van der Waals surface area contributed by atoms with E-state index in [1.807, 2.05) is 31.2 Å². The van der Waals surface area contributed by atoms with Gasteiger partial charge in [-0.3, -0.25) is 4.79 Å². The number of carbonyl (C=O) groups excluding carboxylic acids is 1. The van der Waals surface area contributed by atoms with Gasteiger partial charge in [0.2, 0.25) is 0 Å². The highest BCUT2D eigenvalue weighted by atomic mass is 16.6. The fourth-order valence-electron chi connectivity index (χ4n) is 4.17. The molecule has 0 unspecified atom stereocenters. The van der Waals surface area contributed by atoms with Crippen LogP contribution in [-0.4, -0.2) is 41.8 Å². The predicted molar refractivity (Wildman–Crippen MR) is 97.0 cm³/mol. The number of likely N-dealkylation sites (tertiary alicyclic amines) is 1. The van der Waals surface area contributed by atoms with Crippen LogP contribution in [0.3, 0.4) is 0 Å². The van der Waals surface area contributed by atoms with Gasteiger partial charge >= 0.3 is 12.1 Å². The number of fused-ring (bicyclic) bond motifs is 3. The molecular weight excluding hydrogens is 330 g/mol. The second kappa shape index (κ2) is 6.16. The molecule has 0 spiro atoms. The molecule has 1 amide bonds. The summed E-state index contributed by atoms with van der Waals surface area (Å²) in [5.74, 6) is -0.794. The Labute approximate surface area is 152 Å². The first-order valence-corrected chi connectivity index (χ1v) is 8.79. The Morgan fingerprint density at radius 2 is 1.62 bits per heavy atom. The third-order valence-corrected chi connectivity index (χ3v) is 5.32. The van der Waals surface area contributed by atoms with Crippen LogP contribution in [0.25, 0.3) is 11.1 Å². The number of aliphatic carboxylic acids is 1. The van der Waals surface area contributed by atoms with Crippen LogP contribution in [0, 0.1) is 5.41 Å². The molecule has 0 aromatic heterocycles. The van der Waals surface area contributed by atoms with Crippen LogP contribution in [0.5, 0.6) is 0 Å². The standard InChI is InChI=1S/C21H21NO4/c1-21(10-19(23)24)12-22(13-21)20(25)26-11-18-16-8-4-2-6-14(16)15-7-3-5-9-17(15)18/h2-9,18H,10-13H2,1H3,(H,23,24). The van der Waals surface area contributed by atoms with Crippen LogP contribution in [-0.2, 0) is 9.53 Å². The summed E-state index contributed by atoms with van der Waals surface area (Å²) in [6.45, 7) is 3.03. The predicted octanol–water partition coefficient (Wildman–Crippen LogP) is 3.73. The molecule has 0 radical (unpaired) electrons. The number of amides is 1. The van der Waals surface area contributed by atoms with Crippen molar-refractivity contribution in [2.75, 3.05) is 19.7 Å². The first-order valence-electron chi connectivity index (χ1n) is 8.79. The molecule has 1 saturated heterocycles. The van der Waals surface area contributed by atoms with Gasteiger partial charge in [0.15, 0.2) is 0 Å². The molecular formula is C21H21NO4. The van der Waals surface area contributed by atoms with Gasteiger partial charge in [0.25, 0.3) is 0 Å². The first-order chi connectivity index (χ1) is 12.5. The highest BCUT2D eigenvalue weighted by Crippen LogP contribution is 2.44. The van der Waals surface area contributed by atoms with Crippen molar-refractivity contribution in [3.63, 3.8) is 0 Å². The average Bonchev–Trinajstić information content (AvgIpc) is 2.91. The van der Waals surface area contributed by atoms with E-state index in [-0.39, 0.29) is 23.8 Å². The van der Waals surface area contributed by atoms with Crippen LogP contribution < -0.4 is 0 Å². The summed E-state index contributed by atoms with van der Waals surface area (Å²) in [7, 11) is 0. The number of hydrogen-bond donors (Lipinski definition) is 1. The summed E-state index contributed by atoms with van der Waals surface area (Å²) in [6.07, 6.45) is -0.296. The quantitative estimate of drug-likeness (QED) is 0.911. The number of benzene rings is 2. The molecule has 2 aromatic rings. The van der Waals surface area contributed by atoms with E-state index in [9.17, 15) is 9.59 Å². The van der Waals surface area contributed by atoms with Gasteiger partial charge in [-0.2, -0.15) is 0 Å². The molecule has 134 valence electrons. The van der Waals surface area contributed by atoms with Crippen molar-refractivity contribution in [2.24, 2.45) is 5.41 Å². The summed E-state index contributed by atoms with van der Waals surface area (Å²) >= 11 is 0. The topological polar surface area (TPSA) is 66.8 Å². The lowest BCUT2D eigenvalue weighted by Crippen LogP contribution is -2.57. The molecule has 1 aliphatic heterocycles. The van der Waals surface area contributed by atoms with E-state index in [0.717, 1.165) is 0 Å². The highest BCUT2D eigenvalue weighted by Gasteiger charge is 2.43.